The number of carbonyl (C=O) groups is 2. The van der Waals surface area contributed by atoms with Gasteiger partial charge < -0.3 is 9.84 Å². The molecule has 1 aliphatic heterocycles. The van der Waals surface area contributed by atoms with E-state index in [4.69, 9.17) is 4.74 Å². The van der Waals surface area contributed by atoms with Crippen LogP contribution in [-0.2, 0) is 16.0 Å². The Hall–Kier alpha value is -2.04. The number of hydrogen-bond acceptors (Lipinski definition) is 3. The molecule has 1 heterocycles. The van der Waals surface area contributed by atoms with Crippen molar-refractivity contribution in [2.75, 3.05) is 11.5 Å². The number of carboxylic acids is 1. The second-order valence-corrected chi connectivity index (χ2v) is 5.04. The summed E-state index contributed by atoms with van der Waals surface area (Å²) >= 11 is 0. The third kappa shape index (κ3) is 2.16. The van der Waals surface area contributed by atoms with Crippen molar-refractivity contribution in [2.45, 2.75) is 32.7 Å². The third-order valence-corrected chi connectivity index (χ3v) is 3.36. The molecule has 0 fully saturated rings. The van der Waals surface area contributed by atoms with Gasteiger partial charge in [0.05, 0.1) is 5.69 Å². The van der Waals surface area contributed by atoms with Crippen molar-refractivity contribution in [1.82, 2.24) is 0 Å². The SMILES string of the molecule is CCc1ccc2c(c1)N(C(C)(C)C(=O)O)C(=O)CO2. The van der Waals surface area contributed by atoms with Crippen LogP contribution in [0.3, 0.4) is 0 Å². The van der Waals surface area contributed by atoms with Crippen molar-refractivity contribution in [3.63, 3.8) is 0 Å². The molecule has 0 bridgehead atoms. The van der Waals surface area contributed by atoms with Crippen LogP contribution in [0.5, 0.6) is 5.75 Å². The average Bonchev–Trinajstić information content (AvgIpc) is 2.37. The first-order chi connectivity index (χ1) is 8.87. The lowest BCUT2D eigenvalue weighted by Crippen LogP contribution is -2.56. The van der Waals surface area contributed by atoms with Crippen LogP contribution in [0.4, 0.5) is 5.69 Å². The maximum atomic E-state index is 12.0. The van der Waals surface area contributed by atoms with Gasteiger partial charge in [-0.25, -0.2) is 4.79 Å². The molecule has 1 N–H and O–H groups in total. The van der Waals surface area contributed by atoms with E-state index in [-0.39, 0.29) is 12.5 Å². The minimum atomic E-state index is -1.30. The van der Waals surface area contributed by atoms with E-state index < -0.39 is 11.5 Å². The van der Waals surface area contributed by atoms with Gasteiger partial charge in [0.15, 0.2) is 6.61 Å². The van der Waals surface area contributed by atoms with Gasteiger partial charge in [0, 0.05) is 0 Å². The van der Waals surface area contributed by atoms with E-state index in [0.29, 0.717) is 11.4 Å². The van der Waals surface area contributed by atoms with E-state index in [2.05, 4.69) is 0 Å². The number of hydrogen-bond donors (Lipinski definition) is 1. The Kier molecular flexibility index (Phi) is 3.22. The maximum absolute atomic E-state index is 12.0. The summed E-state index contributed by atoms with van der Waals surface area (Å²) in [6.07, 6.45) is 0.808. The van der Waals surface area contributed by atoms with Crippen LogP contribution in [0.15, 0.2) is 18.2 Å². The Labute approximate surface area is 111 Å². The molecule has 0 radical (unpaired) electrons. The number of amides is 1. The molecule has 19 heavy (non-hydrogen) atoms. The molecule has 0 unspecified atom stereocenters. The molecular weight excluding hydrogens is 246 g/mol. The third-order valence-electron chi connectivity index (χ3n) is 3.36. The topological polar surface area (TPSA) is 66.8 Å². The Morgan fingerprint density at radius 3 is 2.74 bits per heavy atom. The zero-order chi connectivity index (χ0) is 14.2. The van der Waals surface area contributed by atoms with E-state index in [0.717, 1.165) is 12.0 Å². The second-order valence-electron chi connectivity index (χ2n) is 5.04. The molecule has 1 aromatic carbocycles. The molecule has 0 saturated heterocycles. The van der Waals surface area contributed by atoms with Crippen LogP contribution in [-0.4, -0.2) is 29.1 Å². The van der Waals surface area contributed by atoms with E-state index in [9.17, 15) is 14.7 Å². The summed E-state index contributed by atoms with van der Waals surface area (Å²) in [4.78, 5) is 24.8. The Bertz CT molecular complexity index is 536. The number of aliphatic carboxylic acids is 1. The molecule has 1 aromatic rings. The van der Waals surface area contributed by atoms with Crippen molar-refractivity contribution in [2.24, 2.45) is 0 Å². The van der Waals surface area contributed by atoms with Crippen molar-refractivity contribution in [3.05, 3.63) is 23.8 Å². The monoisotopic (exact) mass is 263 g/mol. The maximum Gasteiger partial charge on any atom is 0.329 e. The van der Waals surface area contributed by atoms with Crippen LogP contribution in [0.1, 0.15) is 26.3 Å². The van der Waals surface area contributed by atoms with Crippen molar-refractivity contribution in [3.8, 4) is 5.75 Å². The number of carboxylic acid groups (broad SMARTS) is 1. The first-order valence-electron chi connectivity index (χ1n) is 6.20. The van der Waals surface area contributed by atoms with Crippen LogP contribution >= 0.6 is 0 Å². The van der Waals surface area contributed by atoms with Gasteiger partial charge in [0.25, 0.3) is 5.91 Å². The molecule has 0 spiro atoms. The number of benzene rings is 1. The predicted molar refractivity (Wildman–Crippen MR) is 70.5 cm³/mol. The highest BCUT2D eigenvalue weighted by Gasteiger charge is 2.42. The van der Waals surface area contributed by atoms with Crippen molar-refractivity contribution < 1.29 is 19.4 Å². The van der Waals surface area contributed by atoms with Gasteiger partial charge in [0.1, 0.15) is 11.3 Å². The number of carbonyl (C=O) groups excluding carboxylic acids is 1. The minimum absolute atomic E-state index is 0.130. The van der Waals surface area contributed by atoms with Gasteiger partial charge in [0.2, 0.25) is 0 Å². The van der Waals surface area contributed by atoms with Crippen molar-refractivity contribution >= 4 is 17.6 Å². The number of rotatable bonds is 3. The summed E-state index contributed by atoms with van der Waals surface area (Å²) < 4.78 is 5.36. The zero-order valence-electron chi connectivity index (χ0n) is 11.3. The molecule has 0 atom stereocenters. The van der Waals surface area contributed by atoms with Gasteiger partial charge in [-0.15, -0.1) is 0 Å². The quantitative estimate of drug-likeness (QED) is 0.903. The molecule has 2 rings (SSSR count). The van der Waals surface area contributed by atoms with E-state index in [1.807, 2.05) is 19.1 Å². The highest BCUT2D eigenvalue weighted by Crippen LogP contribution is 2.37. The number of anilines is 1. The van der Waals surface area contributed by atoms with Crippen LogP contribution < -0.4 is 9.64 Å². The summed E-state index contributed by atoms with van der Waals surface area (Å²) in [5.74, 6) is -0.838. The van der Waals surface area contributed by atoms with Gasteiger partial charge in [-0.05, 0) is 38.0 Å². The smallest absolute Gasteiger partial charge is 0.329 e. The van der Waals surface area contributed by atoms with E-state index in [1.54, 1.807) is 6.07 Å². The fourth-order valence-electron chi connectivity index (χ4n) is 2.13. The van der Waals surface area contributed by atoms with Gasteiger partial charge in [-0.3, -0.25) is 9.69 Å². The average molecular weight is 263 g/mol. The number of nitrogens with zero attached hydrogens (tertiary/aromatic N) is 1. The Morgan fingerprint density at radius 1 is 1.47 bits per heavy atom. The second kappa shape index (κ2) is 4.57. The molecule has 0 aliphatic carbocycles. The zero-order valence-corrected chi connectivity index (χ0v) is 11.3. The molecular formula is C14H17NO4. The lowest BCUT2D eigenvalue weighted by Gasteiger charge is -2.38. The summed E-state index contributed by atoms with van der Waals surface area (Å²) in [5.41, 5.74) is 0.258. The predicted octanol–water partition coefficient (Wildman–Crippen LogP) is 1.84. The summed E-state index contributed by atoms with van der Waals surface area (Å²) in [6, 6.07) is 5.52. The van der Waals surface area contributed by atoms with Gasteiger partial charge in [-0.2, -0.15) is 0 Å². The molecule has 5 nitrogen and oxygen atoms in total. The first kappa shape index (κ1) is 13.4. The Balaban J connectivity index is 2.57. The van der Waals surface area contributed by atoms with Crippen LogP contribution in [0.25, 0.3) is 0 Å². The summed E-state index contributed by atoms with van der Waals surface area (Å²) in [6.45, 7) is 4.90. The fraction of sp³-hybridized carbons (Fsp3) is 0.429. The summed E-state index contributed by atoms with van der Waals surface area (Å²) in [7, 11) is 0. The van der Waals surface area contributed by atoms with Crippen LogP contribution in [0, 0.1) is 0 Å². The normalized spacial score (nSPS) is 14.9. The summed E-state index contributed by atoms with van der Waals surface area (Å²) in [5, 5.41) is 9.33. The number of fused-ring (bicyclic) bond motifs is 1. The molecule has 5 heteroatoms. The van der Waals surface area contributed by atoms with E-state index in [1.165, 1.54) is 18.7 Å². The molecule has 0 aromatic heterocycles. The van der Waals surface area contributed by atoms with Gasteiger partial charge in [-0.1, -0.05) is 13.0 Å². The highest BCUT2D eigenvalue weighted by molar-refractivity contribution is 6.04. The Morgan fingerprint density at radius 2 is 2.16 bits per heavy atom. The number of aryl methyl sites for hydroxylation is 1. The van der Waals surface area contributed by atoms with Crippen molar-refractivity contribution in [1.29, 1.82) is 0 Å². The standard InChI is InChI=1S/C14H17NO4/c1-4-9-5-6-11-10(7-9)15(12(16)8-19-11)14(2,3)13(17)18/h5-7H,4,8H2,1-3H3,(H,17,18). The molecule has 102 valence electrons. The number of ether oxygens (including phenoxy) is 1. The first-order valence-corrected chi connectivity index (χ1v) is 6.20. The molecule has 1 amide bonds. The largest absolute Gasteiger partial charge is 0.482 e. The van der Waals surface area contributed by atoms with Gasteiger partial charge >= 0.3 is 5.97 Å². The van der Waals surface area contributed by atoms with Crippen LogP contribution in [0.2, 0.25) is 0 Å². The molecule has 1 aliphatic rings. The highest BCUT2D eigenvalue weighted by atomic mass is 16.5. The molecule has 0 saturated carbocycles. The minimum Gasteiger partial charge on any atom is -0.482 e. The lowest BCUT2D eigenvalue weighted by molar-refractivity contribution is -0.144. The fourth-order valence-corrected chi connectivity index (χ4v) is 2.13. The van der Waals surface area contributed by atoms with E-state index >= 15 is 0 Å². The lowest BCUT2D eigenvalue weighted by atomic mass is 9.99.